The Kier molecular flexibility index (Phi) is 2.75. The third kappa shape index (κ3) is 2.27. The van der Waals surface area contributed by atoms with Crippen molar-refractivity contribution >= 4 is 12.6 Å². The molecular formula is C7H10N2O2S. The van der Waals surface area contributed by atoms with Crippen LogP contribution < -0.4 is 5.56 Å². The lowest BCUT2D eigenvalue weighted by molar-refractivity contribution is 0.458. The average Bonchev–Trinajstić information content (AvgIpc) is 1.94. The first-order chi connectivity index (χ1) is 5.59. The minimum absolute atomic E-state index is 0.0692. The van der Waals surface area contributed by atoms with E-state index in [-0.39, 0.29) is 16.6 Å². The molecule has 0 aliphatic rings. The van der Waals surface area contributed by atoms with E-state index in [1.54, 1.807) is 0 Å². The van der Waals surface area contributed by atoms with Crippen molar-refractivity contribution in [2.45, 2.75) is 18.7 Å². The van der Waals surface area contributed by atoms with Crippen molar-refractivity contribution in [3.05, 3.63) is 22.6 Å². The summed E-state index contributed by atoms with van der Waals surface area (Å²) < 4.78 is 1.26. The zero-order chi connectivity index (χ0) is 9.14. The first-order valence-corrected chi connectivity index (χ1v) is 4.05. The van der Waals surface area contributed by atoms with Gasteiger partial charge in [0.2, 0.25) is 0 Å². The van der Waals surface area contributed by atoms with Gasteiger partial charge in [0, 0.05) is 11.3 Å². The summed E-state index contributed by atoms with van der Waals surface area (Å²) in [6, 6.07) is 1.13. The van der Waals surface area contributed by atoms with E-state index >= 15 is 0 Å². The molecule has 1 N–H and O–H groups in total. The molecule has 1 aromatic heterocycles. The monoisotopic (exact) mass is 186 g/mol. The van der Waals surface area contributed by atoms with E-state index in [1.807, 2.05) is 6.92 Å². The Labute approximate surface area is 75.3 Å². The van der Waals surface area contributed by atoms with Crippen molar-refractivity contribution in [3.8, 4) is 5.75 Å². The van der Waals surface area contributed by atoms with Crippen LogP contribution in [-0.2, 0) is 6.54 Å². The second-order valence-corrected chi connectivity index (χ2v) is 3.46. The highest BCUT2D eigenvalue weighted by Gasteiger charge is 2.01. The van der Waals surface area contributed by atoms with Gasteiger partial charge in [0.1, 0.15) is 5.75 Å². The smallest absolute Gasteiger partial charge is 0.270 e. The van der Waals surface area contributed by atoms with Gasteiger partial charge in [-0.2, -0.15) is 17.7 Å². The lowest BCUT2D eigenvalue weighted by Gasteiger charge is -2.05. The zero-order valence-electron chi connectivity index (χ0n) is 6.64. The van der Waals surface area contributed by atoms with E-state index in [2.05, 4.69) is 17.7 Å². The Balaban J connectivity index is 2.94. The summed E-state index contributed by atoms with van der Waals surface area (Å²) >= 11 is 4.12. The SMILES string of the molecule is CC(S)Cn1ncc(O)cc1=O. The molecule has 66 valence electrons. The Morgan fingerprint density at radius 3 is 3.00 bits per heavy atom. The molecule has 4 nitrogen and oxygen atoms in total. The molecule has 1 atom stereocenters. The van der Waals surface area contributed by atoms with Crippen LogP contribution in [0.15, 0.2) is 17.1 Å². The number of hydrogen-bond acceptors (Lipinski definition) is 4. The lowest BCUT2D eigenvalue weighted by atomic mass is 10.4. The van der Waals surface area contributed by atoms with E-state index in [0.717, 1.165) is 6.07 Å². The van der Waals surface area contributed by atoms with Gasteiger partial charge in [-0.05, 0) is 0 Å². The molecule has 0 spiro atoms. The molecule has 0 bridgehead atoms. The maximum atomic E-state index is 11.1. The van der Waals surface area contributed by atoms with Gasteiger partial charge < -0.3 is 5.11 Å². The van der Waals surface area contributed by atoms with Crippen LogP contribution >= 0.6 is 12.6 Å². The number of hydrogen-bond donors (Lipinski definition) is 2. The Morgan fingerprint density at radius 2 is 2.50 bits per heavy atom. The van der Waals surface area contributed by atoms with Crippen LogP contribution in [0.25, 0.3) is 0 Å². The number of nitrogens with zero attached hydrogens (tertiary/aromatic N) is 2. The van der Waals surface area contributed by atoms with E-state index in [0.29, 0.717) is 6.54 Å². The van der Waals surface area contributed by atoms with Gasteiger partial charge in [0.15, 0.2) is 0 Å². The minimum Gasteiger partial charge on any atom is -0.506 e. The molecule has 1 heterocycles. The maximum absolute atomic E-state index is 11.1. The molecule has 1 rings (SSSR count). The van der Waals surface area contributed by atoms with E-state index in [9.17, 15) is 4.79 Å². The largest absolute Gasteiger partial charge is 0.506 e. The summed E-state index contributed by atoms with van der Waals surface area (Å²) in [5, 5.41) is 12.7. The number of aromatic nitrogens is 2. The highest BCUT2D eigenvalue weighted by molar-refractivity contribution is 7.80. The van der Waals surface area contributed by atoms with Crippen molar-refractivity contribution in [2.75, 3.05) is 0 Å². The summed E-state index contributed by atoms with van der Waals surface area (Å²) in [5.74, 6) is -0.108. The minimum atomic E-state index is -0.309. The average molecular weight is 186 g/mol. The van der Waals surface area contributed by atoms with Crippen LogP contribution in [0, 0.1) is 0 Å². The summed E-state index contributed by atoms with van der Waals surface area (Å²) in [5.41, 5.74) is -0.309. The molecule has 0 radical (unpaired) electrons. The lowest BCUT2D eigenvalue weighted by Crippen LogP contribution is -2.24. The van der Waals surface area contributed by atoms with Gasteiger partial charge in [-0.25, -0.2) is 4.68 Å². The highest BCUT2D eigenvalue weighted by Crippen LogP contribution is 1.99. The fraction of sp³-hybridized carbons (Fsp3) is 0.429. The van der Waals surface area contributed by atoms with Crippen LogP contribution in [0.4, 0.5) is 0 Å². The molecule has 0 aliphatic carbocycles. The van der Waals surface area contributed by atoms with Crippen molar-refractivity contribution < 1.29 is 5.11 Å². The third-order valence-corrected chi connectivity index (χ3v) is 1.46. The molecule has 0 saturated heterocycles. The highest BCUT2D eigenvalue weighted by atomic mass is 32.1. The molecule has 0 aliphatic heterocycles. The number of aromatic hydroxyl groups is 1. The molecule has 5 heteroatoms. The Bertz CT molecular complexity index is 321. The second kappa shape index (κ2) is 3.62. The fourth-order valence-corrected chi connectivity index (χ4v) is 0.966. The second-order valence-electron chi connectivity index (χ2n) is 2.58. The number of rotatable bonds is 2. The van der Waals surface area contributed by atoms with Crippen LogP contribution in [0.3, 0.4) is 0 Å². The molecule has 1 aromatic rings. The van der Waals surface area contributed by atoms with Gasteiger partial charge >= 0.3 is 0 Å². The fourth-order valence-electron chi connectivity index (χ4n) is 0.811. The quantitative estimate of drug-likeness (QED) is 0.652. The molecule has 0 aromatic carbocycles. The van der Waals surface area contributed by atoms with Crippen LogP contribution in [0.2, 0.25) is 0 Å². The standard InChI is InChI=1S/C7H10N2O2S/c1-5(12)4-9-7(11)2-6(10)3-8-9/h2-3,5,10,12H,4H2,1H3. The zero-order valence-corrected chi connectivity index (χ0v) is 7.53. The van der Waals surface area contributed by atoms with Crippen molar-refractivity contribution in [3.63, 3.8) is 0 Å². The van der Waals surface area contributed by atoms with Crippen LogP contribution in [-0.4, -0.2) is 20.1 Å². The molecular weight excluding hydrogens is 176 g/mol. The van der Waals surface area contributed by atoms with Crippen LogP contribution in [0.5, 0.6) is 5.75 Å². The van der Waals surface area contributed by atoms with Crippen molar-refractivity contribution in [2.24, 2.45) is 0 Å². The van der Waals surface area contributed by atoms with E-state index < -0.39 is 0 Å². The molecule has 12 heavy (non-hydrogen) atoms. The first kappa shape index (κ1) is 9.12. The molecule has 0 fully saturated rings. The molecule has 0 saturated carbocycles. The predicted molar refractivity (Wildman–Crippen MR) is 48.6 cm³/mol. The van der Waals surface area contributed by atoms with Crippen molar-refractivity contribution in [1.29, 1.82) is 0 Å². The first-order valence-electron chi connectivity index (χ1n) is 3.54. The van der Waals surface area contributed by atoms with Gasteiger partial charge in [-0.1, -0.05) is 6.92 Å². The van der Waals surface area contributed by atoms with Crippen molar-refractivity contribution in [1.82, 2.24) is 9.78 Å². The van der Waals surface area contributed by atoms with Gasteiger partial charge in [-0.3, -0.25) is 4.79 Å². The summed E-state index contributed by atoms with van der Waals surface area (Å²) in [6.45, 7) is 2.31. The predicted octanol–water partition coefficient (Wildman–Crippen LogP) is 0.267. The van der Waals surface area contributed by atoms with E-state index in [1.165, 1.54) is 10.9 Å². The third-order valence-electron chi connectivity index (χ3n) is 1.29. The van der Waals surface area contributed by atoms with Gasteiger partial charge in [0.05, 0.1) is 12.7 Å². The molecule has 1 unspecified atom stereocenters. The normalized spacial score (nSPS) is 12.8. The maximum Gasteiger partial charge on any atom is 0.270 e. The summed E-state index contributed by atoms with van der Waals surface area (Å²) in [6.07, 6.45) is 1.23. The Morgan fingerprint density at radius 1 is 1.83 bits per heavy atom. The van der Waals surface area contributed by atoms with E-state index in [4.69, 9.17) is 5.11 Å². The topological polar surface area (TPSA) is 55.1 Å². The Hall–Kier alpha value is -0.970. The van der Waals surface area contributed by atoms with Gasteiger partial charge in [-0.15, -0.1) is 0 Å². The number of thiol groups is 1. The molecule has 0 amide bonds. The van der Waals surface area contributed by atoms with Gasteiger partial charge in [0.25, 0.3) is 5.56 Å². The summed E-state index contributed by atoms with van der Waals surface area (Å²) in [4.78, 5) is 11.1. The summed E-state index contributed by atoms with van der Waals surface area (Å²) in [7, 11) is 0. The van der Waals surface area contributed by atoms with Crippen LogP contribution in [0.1, 0.15) is 6.92 Å².